The van der Waals surface area contributed by atoms with Gasteiger partial charge in [0.25, 0.3) is 5.91 Å². The lowest BCUT2D eigenvalue weighted by molar-refractivity contribution is -0.149. The van der Waals surface area contributed by atoms with Crippen molar-refractivity contribution < 1.29 is 14.3 Å². The van der Waals surface area contributed by atoms with Gasteiger partial charge in [-0.15, -0.1) is 0 Å². The maximum absolute atomic E-state index is 12.6. The fraction of sp³-hybridized carbons (Fsp3) is 0.438. The van der Waals surface area contributed by atoms with E-state index in [4.69, 9.17) is 4.74 Å². The summed E-state index contributed by atoms with van der Waals surface area (Å²) in [6.07, 6.45) is 7.76. The number of carbonyl (C=O) groups excluding carboxylic acids is 2. The molecule has 0 unspecified atom stereocenters. The zero-order chi connectivity index (χ0) is 14.9. The van der Waals surface area contributed by atoms with E-state index in [0.29, 0.717) is 16.8 Å². The van der Waals surface area contributed by atoms with Crippen molar-refractivity contribution in [3.05, 3.63) is 35.7 Å². The molecule has 1 fully saturated rings. The number of pyridine rings is 1. The lowest BCUT2D eigenvalue weighted by Gasteiger charge is -2.33. The highest BCUT2D eigenvalue weighted by Crippen LogP contribution is 2.44. The largest absolute Gasteiger partial charge is 0.451 e. The summed E-state index contributed by atoms with van der Waals surface area (Å²) in [6.45, 7) is 1.67. The quantitative estimate of drug-likeness (QED) is 0.848. The number of amides is 1. The molecule has 110 valence electrons. The zero-order valence-electron chi connectivity index (χ0n) is 12.0. The van der Waals surface area contributed by atoms with E-state index in [2.05, 4.69) is 10.3 Å². The Morgan fingerprint density at radius 1 is 1.33 bits per heavy atom. The highest BCUT2D eigenvalue weighted by Gasteiger charge is 2.49. The Morgan fingerprint density at radius 2 is 2.10 bits per heavy atom. The van der Waals surface area contributed by atoms with Crippen molar-refractivity contribution in [3.63, 3.8) is 0 Å². The maximum atomic E-state index is 12.6. The van der Waals surface area contributed by atoms with E-state index in [1.54, 1.807) is 31.5 Å². The van der Waals surface area contributed by atoms with Crippen molar-refractivity contribution in [1.29, 1.82) is 0 Å². The monoisotopic (exact) mass is 286 g/mol. The highest BCUT2D eigenvalue weighted by atomic mass is 16.6. The summed E-state index contributed by atoms with van der Waals surface area (Å²) in [4.78, 5) is 28.5. The normalized spacial score (nSPS) is 20.5. The average molecular weight is 286 g/mol. The third kappa shape index (κ3) is 2.44. The van der Waals surface area contributed by atoms with Crippen molar-refractivity contribution in [2.24, 2.45) is 0 Å². The predicted molar refractivity (Wildman–Crippen MR) is 77.5 cm³/mol. The summed E-state index contributed by atoms with van der Waals surface area (Å²) in [5, 5.41) is 2.81. The number of hydrogen-bond donors (Lipinski definition) is 1. The molecule has 0 saturated heterocycles. The minimum atomic E-state index is -0.717. The Kier molecular flexibility index (Phi) is 3.49. The van der Waals surface area contributed by atoms with E-state index >= 15 is 0 Å². The molecule has 0 atom stereocenters. The smallest absolute Gasteiger partial charge is 0.335 e. The van der Waals surface area contributed by atoms with Crippen LogP contribution in [0.3, 0.4) is 0 Å². The zero-order valence-corrected chi connectivity index (χ0v) is 12.0. The SMILES string of the molecule is CC1=C(C(=O)Nc2cccnc2)C2(CCCCC2)OC1=O. The first-order valence-electron chi connectivity index (χ1n) is 7.28. The molecule has 3 rings (SSSR count). The van der Waals surface area contributed by atoms with Crippen molar-refractivity contribution >= 4 is 17.6 Å². The summed E-state index contributed by atoms with van der Waals surface area (Å²) in [6, 6.07) is 3.52. The molecule has 2 aliphatic rings. The lowest BCUT2D eigenvalue weighted by atomic mass is 9.78. The first-order valence-corrected chi connectivity index (χ1v) is 7.28. The molecule has 1 spiro atoms. The van der Waals surface area contributed by atoms with Crippen LogP contribution in [0.15, 0.2) is 35.7 Å². The minimum Gasteiger partial charge on any atom is -0.451 e. The number of hydrogen-bond acceptors (Lipinski definition) is 4. The second-order valence-electron chi connectivity index (χ2n) is 5.64. The summed E-state index contributed by atoms with van der Waals surface area (Å²) in [7, 11) is 0. The van der Waals surface area contributed by atoms with Crippen LogP contribution >= 0.6 is 0 Å². The molecule has 0 aromatic carbocycles. The second-order valence-corrected chi connectivity index (χ2v) is 5.64. The number of anilines is 1. The van der Waals surface area contributed by atoms with Gasteiger partial charge in [0, 0.05) is 11.8 Å². The number of aromatic nitrogens is 1. The number of nitrogens with one attached hydrogen (secondary N) is 1. The van der Waals surface area contributed by atoms with Crippen LogP contribution in [0.4, 0.5) is 5.69 Å². The van der Waals surface area contributed by atoms with E-state index < -0.39 is 5.60 Å². The lowest BCUT2D eigenvalue weighted by Crippen LogP contribution is -2.39. The number of ether oxygens (including phenoxy) is 1. The van der Waals surface area contributed by atoms with Gasteiger partial charge in [-0.3, -0.25) is 9.78 Å². The van der Waals surface area contributed by atoms with E-state index in [9.17, 15) is 9.59 Å². The molecule has 1 saturated carbocycles. The molecule has 1 aliphatic carbocycles. The molecule has 5 heteroatoms. The molecule has 21 heavy (non-hydrogen) atoms. The Bertz CT molecular complexity index is 601. The third-order valence-corrected chi connectivity index (χ3v) is 4.23. The molecule has 1 N–H and O–H groups in total. The molecule has 2 heterocycles. The molecule has 0 radical (unpaired) electrons. The molecule has 5 nitrogen and oxygen atoms in total. The number of carbonyl (C=O) groups is 2. The summed E-state index contributed by atoms with van der Waals surface area (Å²) < 4.78 is 5.58. The van der Waals surface area contributed by atoms with Gasteiger partial charge in [-0.05, 0) is 44.7 Å². The molecule has 1 aromatic rings. The van der Waals surface area contributed by atoms with Gasteiger partial charge >= 0.3 is 5.97 Å². The first kappa shape index (κ1) is 13.8. The fourth-order valence-corrected chi connectivity index (χ4v) is 3.23. The van der Waals surface area contributed by atoms with Crippen LogP contribution in [0.25, 0.3) is 0 Å². The summed E-state index contributed by atoms with van der Waals surface area (Å²) in [5.41, 5.74) is 0.827. The van der Waals surface area contributed by atoms with Crippen molar-refractivity contribution in [2.45, 2.75) is 44.6 Å². The van der Waals surface area contributed by atoms with Crippen molar-refractivity contribution in [1.82, 2.24) is 4.98 Å². The number of esters is 1. The Hall–Kier alpha value is -2.17. The third-order valence-electron chi connectivity index (χ3n) is 4.23. The summed E-state index contributed by atoms with van der Waals surface area (Å²) in [5.74, 6) is -0.624. The van der Waals surface area contributed by atoms with Crippen LogP contribution in [-0.4, -0.2) is 22.5 Å². The van der Waals surface area contributed by atoms with E-state index in [1.165, 1.54) is 0 Å². The first-order chi connectivity index (χ1) is 10.1. The van der Waals surface area contributed by atoms with E-state index in [0.717, 1.165) is 32.1 Å². The van der Waals surface area contributed by atoms with Crippen molar-refractivity contribution in [2.75, 3.05) is 5.32 Å². The van der Waals surface area contributed by atoms with Gasteiger partial charge in [0.2, 0.25) is 0 Å². The van der Waals surface area contributed by atoms with E-state index in [-0.39, 0.29) is 11.9 Å². The van der Waals surface area contributed by atoms with Gasteiger partial charge in [-0.2, -0.15) is 0 Å². The standard InChI is InChI=1S/C16H18N2O3/c1-11-13(14(19)18-12-6-5-9-17-10-12)16(21-15(11)20)7-3-2-4-8-16/h5-6,9-10H,2-4,7-8H2,1H3,(H,18,19). The second kappa shape index (κ2) is 5.31. The maximum Gasteiger partial charge on any atom is 0.335 e. The Labute approximate surface area is 123 Å². The molecular weight excluding hydrogens is 268 g/mol. The number of nitrogens with zero attached hydrogens (tertiary/aromatic N) is 1. The van der Waals surface area contributed by atoms with Gasteiger partial charge in [0.05, 0.1) is 17.5 Å². The predicted octanol–water partition coefficient (Wildman–Crippen LogP) is 2.60. The van der Waals surface area contributed by atoms with Crippen LogP contribution in [0.5, 0.6) is 0 Å². The molecule has 1 aromatic heterocycles. The number of rotatable bonds is 2. The van der Waals surface area contributed by atoms with Crippen LogP contribution in [0.1, 0.15) is 39.0 Å². The fourth-order valence-electron chi connectivity index (χ4n) is 3.23. The Balaban J connectivity index is 1.90. The van der Waals surface area contributed by atoms with Gasteiger partial charge in [-0.1, -0.05) is 6.42 Å². The van der Waals surface area contributed by atoms with Gasteiger partial charge in [0.15, 0.2) is 0 Å². The van der Waals surface area contributed by atoms with Gasteiger partial charge in [-0.25, -0.2) is 4.79 Å². The minimum absolute atomic E-state index is 0.256. The molecule has 1 aliphatic heterocycles. The van der Waals surface area contributed by atoms with Crippen LogP contribution in [-0.2, 0) is 14.3 Å². The topological polar surface area (TPSA) is 68.3 Å². The van der Waals surface area contributed by atoms with Crippen LogP contribution in [0, 0.1) is 0 Å². The van der Waals surface area contributed by atoms with Crippen LogP contribution < -0.4 is 5.32 Å². The average Bonchev–Trinajstić information content (AvgIpc) is 2.71. The van der Waals surface area contributed by atoms with Gasteiger partial charge in [0.1, 0.15) is 5.60 Å². The summed E-state index contributed by atoms with van der Waals surface area (Å²) >= 11 is 0. The van der Waals surface area contributed by atoms with Crippen LogP contribution in [0.2, 0.25) is 0 Å². The van der Waals surface area contributed by atoms with Gasteiger partial charge < -0.3 is 10.1 Å². The molecular formula is C16H18N2O3. The molecule has 0 bridgehead atoms. The Morgan fingerprint density at radius 3 is 2.76 bits per heavy atom. The molecule has 1 amide bonds. The van der Waals surface area contributed by atoms with Crippen molar-refractivity contribution in [3.8, 4) is 0 Å². The van der Waals surface area contributed by atoms with E-state index in [1.807, 2.05) is 0 Å². The highest BCUT2D eigenvalue weighted by molar-refractivity contribution is 6.12.